The number of nitrogens with one attached hydrogen (secondary N) is 1. The monoisotopic (exact) mass is 307 g/mol. The third-order valence-electron chi connectivity index (χ3n) is 2.73. The van der Waals surface area contributed by atoms with Gasteiger partial charge in [-0.1, -0.05) is 5.16 Å². The number of aromatic nitrogens is 2. The minimum Gasteiger partial charge on any atom is -0.461 e. The van der Waals surface area contributed by atoms with Crippen LogP contribution in [0.2, 0.25) is 0 Å². The fraction of sp³-hybridized carbons (Fsp3) is 0.143. The van der Waals surface area contributed by atoms with Gasteiger partial charge in [-0.3, -0.25) is 0 Å². The molecular formula is C14H11F2N3O3. The molecule has 2 heterocycles. The van der Waals surface area contributed by atoms with Gasteiger partial charge in [0.15, 0.2) is 5.76 Å². The highest BCUT2D eigenvalue weighted by atomic mass is 19.3. The highest BCUT2D eigenvalue weighted by Crippen LogP contribution is 2.19. The molecule has 3 aromatic rings. The summed E-state index contributed by atoms with van der Waals surface area (Å²) in [6.45, 7) is -2.54. The third-order valence-corrected chi connectivity index (χ3v) is 2.73. The molecule has 0 atom stereocenters. The summed E-state index contributed by atoms with van der Waals surface area (Å²) in [5.41, 5.74) is 0.708. The van der Waals surface area contributed by atoms with Crippen LogP contribution in [0.25, 0.3) is 11.6 Å². The maximum atomic E-state index is 12.0. The van der Waals surface area contributed by atoms with Gasteiger partial charge in [0.05, 0.1) is 12.8 Å². The molecule has 0 bridgehead atoms. The summed E-state index contributed by atoms with van der Waals surface area (Å²) in [5, 5.41) is 6.82. The molecule has 0 aliphatic rings. The minimum atomic E-state index is -2.84. The minimum absolute atomic E-state index is 0.0958. The molecule has 1 aromatic carbocycles. The quantitative estimate of drug-likeness (QED) is 0.751. The average Bonchev–Trinajstić information content (AvgIpc) is 3.17. The summed E-state index contributed by atoms with van der Waals surface area (Å²) in [4.78, 5) is 4.17. The first-order valence-electron chi connectivity index (χ1n) is 6.36. The number of hydrogen-bond acceptors (Lipinski definition) is 6. The lowest BCUT2D eigenvalue weighted by Crippen LogP contribution is -2.02. The van der Waals surface area contributed by atoms with E-state index >= 15 is 0 Å². The van der Waals surface area contributed by atoms with Crippen molar-refractivity contribution >= 4 is 5.69 Å². The molecule has 0 spiro atoms. The van der Waals surface area contributed by atoms with Crippen LogP contribution in [-0.2, 0) is 6.54 Å². The lowest BCUT2D eigenvalue weighted by atomic mass is 10.3. The average molecular weight is 307 g/mol. The van der Waals surface area contributed by atoms with Gasteiger partial charge in [0.1, 0.15) is 5.75 Å². The van der Waals surface area contributed by atoms with Gasteiger partial charge in [-0.25, -0.2) is 0 Å². The molecule has 1 N–H and O–H groups in total. The molecule has 0 aliphatic carbocycles. The van der Waals surface area contributed by atoms with Crippen molar-refractivity contribution in [2.24, 2.45) is 0 Å². The highest BCUT2D eigenvalue weighted by Gasteiger charge is 2.10. The van der Waals surface area contributed by atoms with Crippen molar-refractivity contribution in [2.45, 2.75) is 13.2 Å². The number of ether oxygens (including phenoxy) is 1. The number of benzene rings is 1. The lowest BCUT2D eigenvalue weighted by molar-refractivity contribution is -0.0498. The smallest absolute Gasteiger partial charge is 0.387 e. The van der Waals surface area contributed by atoms with Gasteiger partial charge >= 0.3 is 6.61 Å². The maximum Gasteiger partial charge on any atom is 0.387 e. The second-order valence-electron chi connectivity index (χ2n) is 4.25. The molecule has 0 radical (unpaired) electrons. The van der Waals surface area contributed by atoms with Crippen LogP contribution in [0.3, 0.4) is 0 Å². The van der Waals surface area contributed by atoms with E-state index in [2.05, 4.69) is 20.2 Å². The highest BCUT2D eigenvalue weighted by molar-refractivity contribution is 5.47. The van der Waals surface area contributed by atoms with Crippen molar-refractivity contribution in [3.63, 3.8) is 0 Å². The summed E-state index contributed by atoms with van der Waals surface area (Å²) < 4.78 is 38.6. The fourth-order valence-corrected chi connectivity index (χ4v) is 1.76. The third kappa shape index (κ3) is 3.40. The van der Waals surface area contributed by atoms with E-state index in [1.807, 2.05) is 0 Å². The molecule has 0 unspecified atom stereocenters. The zero-order valence-corrected chi connectivity index (χ0v) is 11.2. The molecule has 8 heteroatoms. The standard InChI is InChI=1S/C14H11F2N3O3/c15-14(16)21-10-5-3-9(4-6-10)17-8-12-18-13(19-22-12)11-2-1-7-20-11/h1-7,14,17H,8H2. The van der Waals surface area contributed by atoms with Gasteiger partial charge in [-0.15, -0.1) is 0 Å². The Hall–Kier alpha value is -2.90. The predicted octanol–water partition coefficient (Wildman–Crippen LogP) is 3.54. The van der Waals surface area contributed by atoms with Crippen LogP contribution in [0.4, 0.5) is 14.5 Å². The van der Waals surface area contributed by atoms with Crippen molar-refractivity contribution < 1.29 is 22.5 Å². The number of furan rings is 1. The Bertz CT molecular complexity index is 711. The summed E-state index contributed by atoms with van der Waals surface area (Å²) >= 11 is 0. The van der Waals surface area contributed by atoms with Gasteiger partial charge in [0.2, 0.25) is 11.7 Å². The number of anilines is 1. The summed E-state index contributed by atoms with van der Waals surface area (Å²) in [6, 6.07) is 9.56. The van der Waals surface area contributed by atoms with Crippen LogP contribution in [0.5, 0.6) is 5.75 Å². The fourth-order valence-electron chi connectivity index (χ4n) is 1.76. The van der Waals surface area contributed by atoms with Crippen molar-refractivity contribution in [3.8, 4) is 17.3 Å². The van der Waals surface area contributed by atoms with Crippen LogP contribution in [0, 0.1) is 0 Å². The molecule has 3 rings (SSSR count). The zero-order chi connectivity index (χ0) is 15.4. The van der Waals surface area contributed by atoms with E-state index in [9.17, 15) is 8.78 Å². The van der Waals surface area contributed by atoms with E-state index in [1.165, 1.54) is 18.4 Å². The van der Waals surface area contributed by atoms with E-state index in [0.29, 0.717) is 29.7 Å². The molecule has 2 aromatic heterocycles. The zero-order valence-electron chi connectivity index (χ0n) is 11.2. The van der Waals surface area contributed by atoms with Crippen LogP contribution in [0.1, 0.15) is 5.89 Å². The number of nitrogens with zero attached hydrogens (tertiary/aromatic N) is 2. The SMILES string of the molecule is FC(F)Oc1ccc(NCc2nc(-c3ccco3)no2)cc1. The Kier molecular flexibility index (Phi) is 3.99. The second kappa shape index (κ2) is 6.25. The maximum absolute atomic E-state index is 12.0. The van der Waals surface area contributed by atoms with E-state index < -0.39 is 6.61 Å². The molecule has 0 saturated heterocycles. The molecule has 22 heavy (non-hydrogen) atoms. The molecule has 0 fully saturated rings. The molecule has 0 amide bonds. The number of alkyl halides is 2. The van der Waals surface area contributed by atoms with Gasteiger partial charge < -0.3 is 19.0 Å². The van der Waals surface area contributed by atoms with Gasteiger partial charge in [-0.2, -0.15) is 13.8 Å². The Balaban J connectivity index is 1.58. The first-order valence-corrected chi connectivity index (χ1v) is 6.36. The first kappa shape index (κ1) is 14.1. The lowest BCUT2D eigenvalue weighted by Gasteiger charge is -2.06. The molecular weight excluding hydrogens is 296 g/mol. The summed E-state index contributed by atoms with van der Waals surface area (Å²) in [7, 11) is 0. The van der Waals surface area contributed by atoms with E-state index in [4.69, 9.17) is 8.94 Å². The molecule has 0 saturated carbocycles. The topological polar surface area (TPSA) is 73.3 Å². The van der Waals surface area contributed by atoms with Gasteiger partial charge in [0.25, 0.3) is 0 Å². The molecule has 114 valence electrons. The largest absolute Gasteiger partial charge is 0.461 e. The van der Waals surface area contributed by atoms with E-state index in [0.717, 1.165) is 0 Å². The van der Waals surface area contributed by atoms with Crippen molar-refractivity contribution in [1.82, 2.24) is 10.1 Å². The van der Waals surface area contributed by atoms with Crippen molar-refractivity contribution in [1.29, 1.82) is 0 Å². The Morgan fingerprint density at radius 3 is 2.68 bits per heavy atom. The molecule has 6 nitrogen and oxygen atoms in total. The second-order valence-corrected chi connectivity index (χ2v) is 4.25. The Morgan fingerprint density at radius 1 is 1.18 bits per heavy atom. The summed E-state index contributed by atoms with van der Waals surface area (Å²) in [6.07, 6.45) is 1.52. The van der Waals surface area contributed by atoms with Crippen molar-refractivity contribution in [2.75, 3.05) is 5.32 Å². The van der Waals surface area contributed by atoms with Crippen LogP contribution in [0.15, 0.2) is 51.6 Å². The first-order chi connectivity index (χ1) is 10.7. The summed E-state index contributed by atoms with van der Waals surface area (Å²) in [5.74, 6) is 1.35. The number of rotatable bonds is 6. The Morgan fingerprint density at radius 2 is 2.00 bits per heavy atom. The van der Waals surface area contributed by atoms with E-state index in [1.54, 1.807) is 24.3 Å². The normalized spacial score (nSPS) is 10.9. The Labute approximate surface area is 123 Å². The van der Waals surface area contributed by atoms with Gasteiger partial charge in [-0.05, 0) is 36.4 Å². The van der Waals surface area contributed by atoms with Crippen LogP contribution in [-0.4, -0.2) is 16.8 Å². The van der Waals surface area contributed by atoms with Gasteiger partial charge in [0, 0.05) is 5.69 Å². The van der Waals surface area contributed by atoms with Crippen molar-refractivity contribution in [3.05, 3.63) is 48.6 Å². The predicted molar refractivity (Wildman–Crippen MR) is 72.4 cm³/mol. The number of hydrogen-bond donors (Lipinski definition) is 1. The van der Waals surface area contributed by atoms with Crippen LogP contribution >= 0.6 is 0 Å². The number of halogens is 2. The molecule has 0 aliphatic heterocycles. The van der Waals surface area contributed by atoms with Crippen LogP contribution < -0.4 is 10.1 Å². The van der Waals surface area contributed by atoms with E-state index in [-0.39, 0.29) is 5.75 Å².